The fourth-order valence-corrected chi connectivity index (χ4v) is 4.62. The third-order valence-electron chi connectivity index (χ3n) is 5.97. The van der Waals surface area contributed by atoms with Crippen LogP contribution in [-0.2, 0) is 9.59 Å². The van der Waals surface area contributed by atoms with Crippen LogP contribution in [0.2, 0.25) is 0 Å². The number of rotatable bonds is 13. The summed E-state index contributed by atoms with van der Waals surface area (Å²) in [5.41, 5.74) is 0.461. The van der Waals surface area contributed by atoms with Crippen LogP contribution < -0.4 is 10.1 Å². The molecule has 8 heteroatoms. The number of imide groups is 2. The summed E-state index contributed by atoms with van der Waals surface area (Å²) in [7, 11) is 0. The normalized spacial score (nSPS) is 18.2. The number of benzene rings is 1. The van der Waals surface area contributed by atoms with E-state index in [1.54, 1.807) is 18.2 Å². The molecule has 1 unspecified atom stereocenters. The highest BCUT2D eigenvalue weighted by Crippen LogP contribution is 2.33. The van der Waals surface area contributed by atoms with Gasteiger partial charge in [0, 0.05) is 11.8 Å². The standard InChI is InChI=1S/C24H31BrN2O5/c25-15-8-6-4-2-1-3-5-7-9-16-32-19-12-10-11-17-21(19)24(31)27(23(17)30)18-13-14-20(28)26-22(18)29/h10-12,18H,1-9,13-16H2,(H,26,28,29). The van der Waals surface area contributed by atoms with Crippen LogP contribution in [0, 0.1) is 0 Å². The molecular formula is C24H31BrN2O5. The molecule has 32 heavy (non-hydrogen) atoms. The zero-order valence-electron chi connectivity index (χ0n) is 18.4. The first kappa shape index (κ1) is 24.4. The van der Waals surface area contributed by atoms with Gasteiger partial charge in [0.25, 0.3) is 11.8 Å². The monoisotopic (exact) mass is 506 g/mol. The minimum Gasteiger partial charge on any atom is -0.493 e. The Hall–Kier alpha value is -2.22. The van der Waals surface area contributed by atoms with Crippen LogP contribution in [0.25, 0.3) is 0 Å². The summed E-state index contributed by atoms with van der Waals surface area (Å²) in [6.45, 7) is 0.474. The summed E-state index contributed by atoms with van der Waals surface area (Å²) in [6, 6.07) is 3.98. The molecule has 3 rings (SSSR count). The van der Waals surface area contributed by atoms with Crippen molar-refractivity contribution in [2.24, 2.45) is 0 Å². The van der Waals surface area contributed by atoms with Crippen molar-refractivity contribution in [1.29, 1.82) is 0 Å². The van der Waals surface area contributed by atoms with Gasteiger partial charge >= 0.3 is 0 Å². The molecule has 2 aliphatic rings. The molecule has 1 atom stereocenters. The van der Waals surface area contributed by atoms with Gasteiger partial charge in [-0.1, -0.05) is 66.9 Å². The van der Waals surface area contributed by atoms with Gasteiger partial charge in [0.15, 0.2) is 0 Å². The number of carbonyl (C=O) groups is 4. The molecule has 0 aromatic heterocycles. The third kappa shape index (κ3) is 5.97. The first-order valence-corrected chi connectivity index (χ1v) is 12.7. The van der Waals surface area contributed by atoms with Crippen molar-refractivity contribution in [3.63, 3.8) is 0 Å². The molecule has 2 heterocycles. The Kier molecular flexibility index (Phi) is 9.26. The molecule has 2 aliphatic heterocycles. The fourth-order valence-electron chi connectivity index (χ4n) is 4.22. The van der Waals surface area contributed by atoms with Gasteiger partial charge in [-0.05, 0) is 31.4 Å². The minimum absolute atomic E-state index is 0.101. The van der Waals surface area contributed by atoms with Crippen molar-refractivity contribution in [1.82, 2.24) is 10.2 Å². The van der Waals surface area contributed by atoms with Crippen molar-refractivity contribution in [2.75, 3.05) is 11.9 Å². The molecule has 0 saturated carbocycles. The molecule has 1 N–H and O–H groups in total. The predicted molar refractivity (Wildman–Crippen MR) is 124 cm³/mol. The number of nitrogens with zero attached hydrogens (tertiary/aromatic N) is 1. The van der Waals surface area contributed by atoms with E-state index in [0.29, 0.717) is 12.4 Å². The number of nitrogens with one attached hydrogen (secondary N) is 1. The number of ether oxygens (including phenoxy) is 1. The molecule has 0 bridgehead atoms. The maximum absolute atomic E-state index is 13.0. The van der Waals surface area contributed by atoms with E-state index in [1.807, 2.05) is 0 Å². The van der Waals surface area contributed by atoms with Gasteiger partial charge in [-0.25, -0.2) is 0 Å². The van der Waals surface area contributed by atoms with Crippen molar-refractivity contribution in [2.45, 2.75) is 76.7 Å². The summed E-state index contributed by atoms with van der Waals surface area (Å²) in [6.07, 6.45) is 11.0. The highest BCUT2D eigenvalue weighted by molar-refractivity contribution is 9.09. The van der Waals surface area contributed by atoms with Gasteiger partial charge in [-0.15, -0.1) is 0 Å². The van der Waals surface area contributed by atoms with Crippen molar-refractivity contribution >= 4 is 39.6 Å². The molecule has 0 aliphatic carbocycles. The van der Waals surface area contributed by atoms with Gasteiger partial charge in [-0.2, -0.15) is 0 Å². The number of hydrogen-bond donors (Lipinski definition) is 1. The molecule has 4 amide bonds. The molecule has 1 aromatic rings. The molecular weight excluding hydrogens is 476 g/mol. The number of fused-ring (bicyclic) bond motifs is 1. The van der Waals surface area contributed by atoms with E-state index < -0.39 is 23.8 Å². The molecule has 7 nitrogen and oxygen atoms in total. The minimum atomic E-state index is -0.965. The Morgan fingerprint density at radius 1 is 0.906 bits per heavy atom. The van der Waals surface area contributed by atoms with Crippen molar-refractivity contribution in [3.05, 3.63) is 29.3 Å². The highest BCUT2D eigenvalue weighted by atomic mass is 79.9. The lowest BCUT2D eigenvalue weighted by atomic mass is 10.0. The van der Waals surface area contributed by atoms with Gasteiger partial charge in [-0.3, -0.25) is 29.4 Å². The average molecular weight is 507 g/mol. The van der Waals surface area contributed by atoms with Gasteiger partial charge in [0.05, 0.1) is 17.7 Å². The maximum atomic E-state index is 13.0. The van der Waals surface area contributed by atoms with E-state index in [9.17, 15) is 19.2 Å². The van der Waals surface area contributed by atoms with E-state index in [2.05, 4.69) is 21.2 Å². The third-order valence-corrected chi connectivity index (χ3v) is 6.53. The van der Waals surface area contributed by atoms with Gasteiger partial charge < -0.3 is 4.74 Å². The summed E-state index contributed by atoms with van der Waals surface area (Å²) >= 11 is 3.46. The number of piperidine rings is 1. The van der Waals surface area contributed by atoms with Crippen LogP contribution in [0.3, 0.4) is 0 Å². The van der Waals surface area contributed by atoms with Crippen LogP contribution in [0.4, 0.5) is 0 Å². The second-order valence-corrected chi connectivity index (χ2v) is 9.14. The van der Waals surface area contributed by atoms with E-state index in [0.717, 1.165) is 29.5 Å². The molecule has 1 saturated heterocycles. The first-order valence-electron chi connectivity index (χ1n) is 11.6. The SMILES string of the molecule is O=C1CCC(N2C(=O)c3cccc(OCCCCCCCCCCCBr)c3C2=O)C(=O)N1. The Balaban J connectivity index is 1.47. The van der Waals surface area contributed by atoms with Gasteiger partial charge in [0.1, 0.15) is 11.8 Å². The van der Waals surface area contributed by atoms with Crippen LogP contribution >= 0.6 is 15.9 Å². The number of alkyl halides is 1. The second kappa shape index (κ2) is 12.1. The Morgan fingerprint density at radius 2 is 1.56 bits per heavy atom. The quantitative estimate of drug-likeness (QED) is 0.243. The van der Waals surface area contributed by atoms with E-state index in [4.69, 9.17) is 4.74 Å². The summed E-state index contributed by atoms with van der Waals surface area (Å²) in [5, 5.41) is 3.30. The zero-order valence-corrected chi connectivity index (χ0v) is 20.0. The number of unbranched alkanes of at least 4 members (excludes halogenated alkanes) is 8. The first-order chi connectivity index (χ1) is 15.5. The van der Waals surface area contributed by atoms with Crippen molar-refractivity contribution in [3.8, 4) is 5.75 Å². The highest BCUT2D eigenvalue weighted by Gasteiger charge is 2.45. The summed E-state index contributed by atoms with van der Waals surface area (Å²) in [4.78, 5) is 50.4. The Morgan fingerprint density at radius 3 is 2.22 bits per heavy atom. The van der Waals surface area contributed by atoms with Crippen LogP contribution in [0.1, 0.15) is 91.3 Å². The molecule has 1 aromatic carbocycles. The Labute approximate surface area is 197 Å². The van der Waals surface area contributed by atoms with E-state index >= 15 is 0 Å². The summed E-state index contributed by atoms with van der Waals surface area (Å²) < 4.78 is 5.86. The number of halogens is 1. The predicted octanol–water partition coefficient (Wildman–Crippen LogP) is 4.37. The number of hydrogen-bond acceptors (Lipinski definition) is 5. The summed E-state index contributed by atoms with van der Waals surface area (Å²) in [5.74, 6) is -1.67. The Bertz CT molecular complexity index is 857. The van der Waals surface area contributed by atoms with Gasteiger partial charge in [0.2, 0.25) is 11.8 Å². The smallest absolute Gasteiger partial charge is 0.266 e. The van der Waals surface area contributed by atoms with Crippen LogP contribution in [-0.4, -0.2) is 46.5 Å². The topological polar surface area (TPSA) is 92.8 Å². The maximum Gasteiger partial charge on any atom is 0.266 e. The van der Waals surface area contributed by atoms with E-state index in [1.165, 1.54) is 38.5 Å². The number of amides is 4. The molecule has 174 valence electrons. The fraction of sp³-hybridized carbons (Fsp3) is 0.583. The average Bonchev–Trinajstić information content (AvgIpc) is 3.03. The lowest BCUT2D eigenvalue weighted by Gasteiger charge is -2.27. The molecule has 0 spiro atoms. The van der Waals surface area contributed by atoms with Crippen molar-refractivity contribution < 1.29 is 23.9 Å². The molecule has 0 radical (unpaired) electrons. The number of carbonyl (C=O) groups excluding carboxylic acids is 4. The largest absolute Gasteiger partial charge is 0.493 e. The lowest BCUT2D eigenvalue weighted by molar-refractivity contribution is -0.136. The van der Waals surface area contributed by atoms with Crippen LogP contribution in [0.15, 0.2) is 18.2 Å². The lowest BCUT2D eigenvalue weighted by Crippen LogP contribution is -2.54. The second-order valence-electron chi connectivity index (χ2n) is 8.35. The molecule has 1 fully saturated rings. The van der Waals surface area contributed by atoms with Crippen LogP contribution in [0.5, 0.6) is 5.75 Å². The zero-order chi connectivity index (χ0) is 22.9. The van der Waals surface area contributed by atoms with E-state index in [-0.39, 0.29) is 29.9 Å².